The molecule has 0 saturated carbocycles. The zero-order valence-corrected chi connectivity index (χ0v) is 9.41. The number of ether oxygens (including phenoxy) is 1. The van der Waals surface area contributed by atoms with Gasteiger partial charge in [0.05, 0.1) is 11.6 Å². The van der Waals surface area contributed by atoms with Gasteiger partial charge in [0.1, 0.15) is 0 Å². The highest BCUT2D eigenvalue weighted by Crippen LogP contribution is 2.18. The number of halogens is 1. The lowest BCUT2D eigenvalue weighted by Crippen LogP contribution is -2.29. The van der Waals surface area contributed by atoms with Gasteiger partial charge in [0.25, 0.3) is 0 Å². The molecule has 1 heterocycles. The van der Waals surface area contributed by atoms with Crippen LogP contribution < -0.4 is 5.32 Å². The molecule has 1 atom stereocenters. The summed E-state index contributed by atoms with van der Waals surface area (Å²) < 4.78 is 5.01. The normalized spacial score (nSPS) is 13.2. The molecule has 0 saturated heterocycles. The second-order valence-corrected chi connectivity index (χ2v) is 4.40. The first kappa shape index (κ1) is 11.0. The SMILES string of the molecule is COCC(C)NCc1cc(Cl)cs1. The van der Waals surface area contributed by atoms with Gasteiger partial charge in [0.15, 0.2) is 0 Å². The number of rotatable bonds is 5. The summed E-state index contributed by atoms with van der Waals surface area (Å²) in [6, 6.07) is 2.37. The fraction of sp³-hybridized carbons (Fsp3) is 0.556. The molecule has 0 spiro atoms. The monoisotopic (exact) mass is 219 g/mol. The van der Waals surface area contributed by atoms with E-state index in [9.17, 15) is 0 Å². The number of hydrogen-bond acceptors (Lipinski definition) is 3. The molecular weight excluding hydrogens is 206 g/mol. The van der Waals surface area contributed by atoms with Crippen LogP contribution in [0.25, 0.3) is 0 Å². The van der Waals surface area contributed by atoms with Gasteiger partial charge in [-0.1, -0.05) is 11.6 Å². The van der Waals surface area contributed by atoms with E-state index in [1.54, 1.807) is 18.4 Å². The predicted octanol–water partition coefficient (Wildman–Crippen LogP) is 2.53. The van der Waals surface area contributed by atoms with E-state index in [0.29, 0.717) is 6.04 Å². The van der Waals surface area contributed by atoms with Gasteiger partial charge in [-0.3, -0.25) is 0 Å². The molecule has 2 nitrogen and oxygen atoms in total. The molecule has 0 aliphatic heterocycles. The summed E-state index contributed by atoms with van der Waals surface area (Å²) in [4.78, 5) is 1.26. The van der Waals surface area contributed by atoms with Gasteiger partial charge in [-0.15, -0.1) is 11.3 Å². The first-order valence-electron chi connectivity index (χ1n) is 4.17. The van der Waals surface area contributed by atoms with Crippen LogP contribution in [0.5, 0.6) is 0 Å². The Bertz CT molecular complexity index is 252. The molecule has 0 amide bonds. The second-order valence-electron chi connectivity index (χ2n) is 2.97. The van der Waals surface area contributed by atoms with E-state index in [-0.39, 0.29) is 0 Å². The average molecular weight is 220 g/mol. The molecule has 1 N–H and O–H groups in total. The minimum atomic E-state index is 0.380. The molecule has 1 aromatic heterocycles. The summed E-state index contributed by atoms with van der Waals surface area (Å²) in [6.07, 6.45) is 0. The molecule has 13 heavy (non-hydrogen) atoms. The van der Waals surface area contributed by atoms with Crippen LogP contribution in [0.2, 0.25) is 5.02 Å². The molecule has 4 heteroatoms. The van der Waals surface area contributed by atoms with Crippen LogP contribution in [0.15, 0.2) is 11.4 Å². The van der Waals surface area contributed by atoms with Gasteiger partial charge in [0.2, 0.25) is 0 Å². The molecule has 1 aromatic rings. The first-order chi connectivity index (χ1) is 6.22. The van der Waals surface area contributed by atoms with Crippen molar-refractivity contribution < 1.29 is 4.74 Å². The lowest BCUT2D eigenvalue weighted by molar-refractivity contribution is 0.172. The molecular formula is C9H14ClNOS. The Hall–Kier alpha value is -0.0900. The maximum absolute atomic E-state index is 5.79. The van der Waals surface area contributed by atoms with Gasteiger partial charge in [-0.2, -0.15) is 0 Å². The van der Waals surface area contributed by atoms with Gasteiger partial charge in [0, 0.05) is 30.0 Å². The Morgan fingerprint density at radius 1 is 1.69 bits per heavy atom. The van der Waals surface area contributed by atoms with E-state index < -0.39 is 0 Å². The molecule has 0 fully saturated rings. The Morgan fingerprint density at radius 3 is 3.00 bits per heavy atom. The highest BCUT2D eigenvalue weighted by Gasteiger charge is 2.01. The quantitative estimate of drug-likeness (QED) is 0.822. The number of nitrogens with one attached hydrogen (secondary N) is 1. The van der Waals surface area contributed by atoms with E-state index in [4.69, 9.17) is 16.3 Å². The Balaban J connectivity index is 2.26. The van der Waals surface area contributed by atoms with Crippen LogP contribution in [0.1, 0.15) is 11.8 Å². The van der Waals surface area contributed by atoms with Gasteiger partial charge in [-0.05, 0) is 13.0 Å². The Morgan fingerprint density at radius 2 is 2.46 bits per heavy atom. The first-order valence-corrected chi connectivity index (χ1v) is 5.43. The highest BCUT2D eigenvalue weighted by atomic mass is 35.5. The predicted molar refractivity (Wildman–Crippen MR) is 57.5 cm³/mol. The van der Waals surface area contributed by atoms with Crippen molar-refractivity contribution in [1.82, 2.24) is 5.32 Å². The summed E-state index contributed by atoms with van der Waals surface area (Å²) >= 11 is 7.47. The minimum absolute atomic E-state index is 0.380. The van der Waals surface area contributed by atoms with Crippen LogP contribution >= 0.6 is 22.9 Å². The number of methoxy groups -OCH3 is 1. The van der Waals surface area contributed by atoms with Crippen molar-refractivity contribution in [3.05, 3.63) is 21.3 Å². The van der Waals surface area contributed by atoms with E-state index >= 15 is 0 Å². The zero-order valence-electron chi connectivity index (χ0n) is 7.84. The summed E-state index contributed by atoms with van der Waals surface area (Å²) in [5.74, 6) is 0. The van der Waals surface area contributed by atoms with Crippen LogP contribution in [0, 0.1) is 0 Å². The summed E-state index contributed by atoms with van der Waals surface area (Å²) in [6.45, 7) is 3.69. The molecule has 0 aliphatic carbocycles. The summed E-state index contributed by atoms with van der Waals surface area (Å²) in [7, 11) is 1.71. The third-order valence-corrected chi connectivity index (χ3v) is 2.95. The van der Waals surface area contributed by atoms with E-state index in [1.807, 2.05) is 11.4 Å². The second kappa shape index (κ2) is 5.60. The summed E-state index contributed by atoms with van der Waals surface area (Å²) in [5, 5.41) is 6.10. The topological polar surface area (TPSA) is 21.3 Å². The standard InChI is InChI=1S/C9H14ClNOS/c1-7(5-12-2)11-4-9-3-8(10)6-13-9/h3,6-7,11H,4-5H2,1-2H3. The summed E-state index contributed by atoms with van der Waals surface area (Å²) in [5.41, 5.74) is 0. The van der Waals surface area contributed by atoms with Crippen molar-refractivity contribution >= 4 is 22.9 Å². The fourth-order valence-electron chi connectivity index (χ4n) is 1.03. The molecule has 74 valence electrons. The number of thiophene rings is 1. The van der Waals surface area contributed by atoms with Gasteiger partial charge < -0.3 is 10.1 Å². The van der Waals surface area contributed by atoms with Crippen molar-refractivity contribution in [1.29, 1.82) is 0 Å². The maximum Gasteiger partial charge on any atom is 0.0613 e. The average Bonchev–Trinajstić information content (AvgIpc) is 2.49. The lowest BCUT2D eigenvalue weighted by atomic mass is 10.3. The van der Waals surface area contributed by atoms with Crippen molar-refractivity contribution in [2.45, 2.75) is 19.5 Å². The molecule has 0 aliphatic rings. The van der Waals surface area contributed by atoms with Gasteiger partial charge >= 0.3 is 0 Å². The smallest absolute Gasteiger partial charge is 0.0613 e. The molecule has 0 bridgehead atoms. The third-order valence-electron chi connectivity index (χ3n) is 1.66. The zero-order chi connectivity index (χ0) is 9.68. The van der Waals surface area contributed by atoms with E-state index in [0.717, 1.165) is 18.2 Å². The van der Waals surface area contributed by atoms with Crippen molar-refractivity contribution in [2.75, 3.05) is 13.7 Å². The maximum atomic E-state index is 5.79. The highest BCUT2D eigenvalue weighted by molar-refractivity contribution is 7.10. The number of hydrogen-bond donors (Lipinski definition) is 1. The molecule has 1 unspecified atom stereocenters. The Kier molecular flexibility index (Phi) is 4.73. The van der Waals surface area contributed by atoms with Crippen LogP contribution in [-0.4, -0.2) is 19.8 Å². The van der Waals surface area contributed by atoms with Crippen molar-refractivity contribution in [2.24, 2.45) is 0 Å². The lowest BCUT2D eigenvalue weighted by Gasteiger charge is -2.11. The Labute approximate surface area is 87.9 Å². The van der Waals surface area contributed by atoms with Crippen LogP contribution in [0.4, 0.5) is 0 Å². The largest absolute Gasteiger partial charge is 0.383 e. The third kappa shape index (κ3) is 4.09. The van der Waals surface area contributed by atoms with E-state index in [2.05, 4.69) is 12.2 Å². The van der Waals surface area contributed by atoms with Crippen molar-refractivity contribution in [3.8, 4) is 0 Å². The van der Waals surface area contributed by atoms with Crippen LogP contribution in [-0.2, 0) is 11.3 Å². The molecule has 1 rings (SSSR count). The van der Waals surface area contributed by atoms with Crippen molar-refractivity contribution in [3.63, 3.8) is 0 Å². The van der Waals surface area contributed by atoms with E-state index in [1.165, 1.54) is 4.88 Å². The van der Waals surface area contributed by atoms with Crippen LogP contribution in [0.3, 0.4) is 0 Å². The molecule has 0 radical (unpaired) electrons. The fourth-order valence-corrected chi connectivity index (χ4v) is 2.05. The minimum Gasteiger partial charge on any atom is -0.383 e. The van der Waals surface area contributed by atoms with Gasteiger partial charge in [-0.25, -0.2) is 0 Å². The molecule has 0 aromatic carbocycles.